The van der Waals surface area contributed by atoms with Gasteiger partial charge in [0.2, 0.25) is 10.0 Å². The second kappa shape index (κ2) is 8.15. The summed E-state index contributed by atoms with van der Waals surface area (Å²) in [5, 5.41) is 0.623. The Morgan fingerprint density at radius 2 is 1.87 bits per heavy atom. The van der Waals surface area contributed by atoms with Crippen molar-refractivity contribution < 1.29 is 13.2 Å². The molecule has 0 saturated heterocycles. The summed E-state index contributed by atoms with van der Waals surface area (Å²) in [6.07, 6.45) is 0. The maximum atomic E-state index is 12.0. The van der Waals surface area contributed by atoms with Gasteiger partial charge in [0.05, 0.1) is 5.75 Å². The molecule has 0 amide bonds. The number of aryl methyl sites for hydroxylation is 1. The molecule has 2 aromatic rings. The number of benzene rings is 2. The van der Waals surface area contributed by atoms with E-state index >= 15 is 0 Å². The van der Waals surface area contributed by atoms with Gasteiger partial charge in [-0.15, -0.1) is 0 Å². The minimum atomic E-state index is -3.39. The Balaban J connectivity index is 1.80. The quantitative estimate of drug-likeness (QED) is 0.694. The highest BCUT2D eigenvalue weighted by Crippen LogP contribution is 2.21. The molecular weight excluding hydrogens is 402 g/mol. The van der Waals surface area contributed by atoms with Crippen molar-refractivity contribution in [2.24, 2.45) is 0 Å². The van der Waals surface area contributed by atoms with E-state index in [-0.39, 0.29) is 18.9 Å². The zero-order valence-corrected chi connectivity index (χ0v) is 15.7. The van der Waals surface area contributed by atoms with Gasteiger partial charge in [0.15, 0.2) is 0 Å². The first-order valence-electron chi connectivity index (χ1n) is 6.96. The van der Waals surface area contributed by atoms with Crippen LogP contribution in [0.3, 0.4) is 0 Å². The van der Waals surface area contributed by atoms with Gasteiger partial charge < -0.3 is 4.74 Å². The van der Waals surface area contributed by atoms with Crippen LogP contribution in [0.15, 0.2) is 46.9 Å². The standard InChI is InChI=1S/C16H17BrClNO3S/c1-12-2-7-15(10-16(12)18)22-9-8-19-23(20,21)11-13-3-5-14(17)6-4-13/h2-7,10,19H,8-9,11H2,1H3. The number of ether oxygens (including phenoxy) is 1. The summed E-state index contributed by atoms with van der Waals surface area (Å²) in [6.45, 7) is 2.34. The van der Waals surface area contributed by atoms with Crippen LogP contribution >= 0.6 is 27.5 Å². The van der Waals surface area contributed by atoms with E-state index in [0.29, 0.717) is 10.8 Å². The van der Waals surface area contributed by atoms with Crippen LogP contribution in [0.2, 0.25) is 5.02 Å². The molecule has 23 heavy (non-hydrogen) atoms. The van der Waals surface area contributed by atoms with Crippen LogP contribution in [0, 0.1) is 6.92 Å². The van der Waals surface area contributed by atoms with Crippen molar-refractivity contribution in [3.05, 3.63) is 63.1 Å². The van der Waals surface area contributed by atoms with Gasteiger partial charge in [0.25, 0.3) is 0 Å². The lowest BCUT2D eigenvalue weighted by atomic mass is 10.2. The monoisotopic (exact) mass is 417 g/mol. The number of nitrogens with one attached hydrogen (secondary N) is 1. The molecule has 4 nitrogen and oxygen atoms in total. The van der Waals surface area contributed by atoms with E-state index in [0.717, 1.165) is 15.6 Å². The molecule has 0 heterocycles. The van der Waals surface area contributed by atoms with E-state index in [1.165, 1.54) is 0 Å². The summed E-state index contributed by atoms with van der Waals surface area (Å²) >= 11 is 9.32. The average molecular weight is 419 g/mol. The van der Waals surface area contributed by atoms with Crippen molar-refractivity contribution in [2.75, 3.05) is 13.2 Å². The Kier molecular flexibility index (Phi) is 6.47. The Hall–Kier alpha value is -1.08. The van der Waals surface area contributed by atoms with Gasteiger partial charge in [-0.1, -0.05) is 45.7 Å². The van der Waals surface area contributed by atoms with Crippen LogP contribution in [0.1, 0.15) is 11.1 Å². The summed E-state index contributed by atoms with van der Waals surface area (Å²) in [5.74, 6) is 0.559. The van der Waals surface area contributed by atoms with Crippen LogP contribution in [0.4, 0.5) is 0 Å². The molecule has 0 aromatic heterocycles. The third-order valence-corrected chi connectivity index (χ3v) is 5.40. The lowest BCUT2D eigenvalue weighted by Gasteiger charge is -2.09. The molecule has 0 fully saturated rings. The maximum Gasteiger partial charge on any atom is 0.215 e. The molecule has 0 atom stereocenters. The molecule has 7 heteroatoms. The van der Waals surface area contributed by atoms with Crippen LogP contribution in [0.25, 0.3) is 0 Å². The van der Waals surface area contributed by atoms with Gasteiger partial charge in [-0.3, -0.25) is 0 Å². The molecule has 2 aromatic carbocycles. The minimum absolute atomic E-state index is 0.0589. The summed E-state index contributed by atoms with van der Waals surface area (Å²) in [4.78, 5) is 0. The van der Waals surface area contributed by atoms with E-state index in [1.54, 1.807) is 24.3 Å². The van der Waals surface area contributed by atoms with Crippen molar-refractivity contribution in [3.63, 3.8) is 0 Å². The van der Waals surface area contributed by atoms with Gasteiger partial charge in [-0.2, -0.15) is 0 Å². The first-order valence-corrected chi connectivity index (χ1v) is 9.79. The highest BCUT2D eigenvalue weighted by molar-refractivity contribution is 9.10. The zero-order valence-electron chi connectivity index (χ0n) is 12.6. The highest BCUT2D eigenvalue weighted by atomic mass is 79.9. The SMILES string of the molecule is Cc1ccc(OCCNS(=O)(=O)Cc2ccc(Br)cc2)cc1Cl. The molecule has 0 spiro atoms. The van der Waals surface area contributed by atoms with Gasteiger partial charge in [0.1, 0.15) is 12.4 Å². The van der Waals surface area contributed by atoms with Crippen molar-refractivity contribution in [1.82, 2.24) is 4.72 Å². The van der Waals surface area contributed by atoms with Gasteiger partial charge >= 0.3 is 0 Å². The molecule has 0 aliphatic carbocycles. The highest BCUT2D eigenvalue weighted by Gasteiger charge is 2.11. The molecule has 0 radical (unpaired) electrons. The van der Waals surface area contributed by atoms with Gasteiger partial charge in [-0.05, 0) is 42.3 Å². The predicted molar refractivity (Wildman–Crippen MR) is 96.5 cm³/mol. The topological polar surface area (TPSA) is 55.4 Å². The first-order chi connectivity index (χ1) is 10.9. The molecule has 0 aliphatic heterocycles. The largest absolute Gasteiger partial charge is 0.492 e. The Bertz CT molecular complexity index is 763. The lowest BCUT2D eigenvalue weighted by Crippen LogP contribution is -2.29. The number of rotatable bonds is 7. The third-order valence-electron chi connectivity index (χ3n) is 3.11. The normalized spacial score (nSPS) is 11.4. The Morgan fingerprint density at radius 3 is 2.52 bits per heavy atom. The van der Waals surface area contributed by atoms with E-state index in [2.05, 4.69) is 20.7 Å². The number of hydrogen-bond acceptors (Lipinski definition) is 3. The Morgan fingerprint density at radius 1 is 1.17 bits per heavy atom. The van der Waals surface area contributed by atoms with Crippen LogP contribution < -0.4 is 9.46 Å². The second-order valence-electron chi connectivity index (χ2n) is 5.04. The zero-order chi connectivity index (χ0) is 16.9. The molecular formula is C16H17BrClNO3S. The molecule has 0 unspecified atom stereocenters. The summed E-state index contributed by atoms with van der Waals surface area (Å²) in [6, 6.07) is 12.5. The smallest absolute Gasteiger partial charge is 0.215 e. The average Bonchev–Trinajstić information content (AvgIpc) is 2.49. The summed E-state index contributed by atoms with van der Waals surface area (Å²) in [5.41, 5.74) is 1.70. The fourth-order valence-corrected chi connectivity index (χ4v) is 3.44. The van der Waals surface area contributed by atoms with Crippen LogP contribution in [-0.2, 0) is 15.8 Å². The van der Waals surface area contributed by atoms with Crippen molar-refractivity contribution in [3.8, 4) is 5.75 Å². The third kappa shape index (κ3) is 6.14. The predicted octanol–water partition coefficient (Wildman–Crippen LogP) is 3.91. The molecule has 0 aliphatic rings. The summed E-state index contributed by atoms with van der Waals surface area (Å²) < 4.78 is 32.9. The molecule has 1 N–H and O–H groups in total. The molecule has 0 bridgehead atoms. The fraction of sp³-hybridized carbons (Fsp3) is 0.250. The molecule has 124 valence electrons. The second-order valence-corrected chi connectivity index (χ2v) is 8.17. The van der Waals surface area contributed by atoms with Crippen LogP contribution in [-0.4, -0.2) is 21.6 Å². The van der Waals surface area contributed by atoms with E-state index in [4.69, 9.17) is 16.3 Å². The van der Waals surface area contributed by atoms with Gasteiger partial charge in [-0.25, -0.2) is 13.1 Å². The number of halogens is 2. The minimum Gasteiger partial charge on any atom is -0.492 e. The van der Waals surface area contributed by atoms with Crippen molar-refractivity contribution in [2.45, 2.75) is 12.7 Å². The van der Waals surface area contributed by atoms with Crippen molar-refractivity contribution in [1.29, 1.82) is 0 Å². The van der Waals surface area contributed by atoms with Crippen LogP contribution in [0.5, 0.6) is 5.75 Å². The molecule has 2 rings (SSSR count). The lowest BCUT2D eigenvalue weighted by molar-refractivity contribution is 0.323. The van der Waals surface area contributed by atoms with Gasteiger partial charge in [0, 0.05) is 16.0 Å². The molecule has 0 saturated carbocycles. The first kappa shape index (κ1) is 18.3. The van der Waals surface area contributed by atoms with E-state index < -0.39 is 10.0 Å². The summed E-state index contributed by atoms with van der Waals surface area (Å²) in [7, 11) is -3.39. The number of hydrogen-bond donors (Lipinski definition) is 1. The van der Waals surface area contributed by atoms with E-state index in [9.17, 15) is 8.42 Å². The van der Waals surface area contributed by atoms with Crippen molar-refractivity contribution >= 4 is 37.6 Å². The van der Waals surface area contributed by atoms with E-state index in [1.807, 2.05) is 25.1 Å². The number of sulfonamides is 1. The Labute approximate surface area is 150 Å². The fourth-order valence-electron chi connectivity index (χ4n) is 1.88. The maximum absolute atomic E-state index is 12.0.